The molecule has 1 amide bonds. The molecule has 0 bridgehead atoms. The lowest BCUT2D eigenvalue weighted by molar-refractivity contribution is -0.150. The number of nitriles is 1. The Kier molecular flexibility index (Phi) is 6.50. The van der Waals surface area contributed by atoms with Crippen LogP contribution in [0.5, 0.6) is 0 Å². The summed E-state index contributed by atoms with van der Waals surface area (Å²) in [5, 5.41) is 19.2. The molecule has 3 rings (SSSR count). The second kappa shape index (κ2) is 9.04. The Morgan fingerprint density at radius 2 is 2.00 bits per heavy atom. The molecule has 5 nitrogen and oxygen atoms in total. The van der Waals surface area contributed by atoms with Crippen molar-refractivity contribution in [2.45, 2.75) is 50.1 Å². The quantitative estimate of drug-likeness (QED) is 0.813. The second-order valence-corrected chi connectivity index (χ2v) is 7.36. The maximum Gasteiger partial charge on any atom is 0.249 e. The first-order chi connectivity index (χ1) is 13.2. The molecule has 5 heteroatoms. The van der Waals surface area contributed by atoms with Gasteiger partial charge in [-0.3, -0.25) is 4.79 Å². The summed E-state index contributed by atoms with van der Waals surface area (Å²) in [6.07, 6.45) is 6.22. The fourth-order valence-corrected chi connectivity index (χ4v) is 4.25. The Morgan fingerprint density at radius 3 is 2.59 bits per heavy atom. The number of nitrogens with zero attached hydrogens (tertiary/aromatic N) is 2. The highest BCUT2D eigenvalue weighted by Crippen LogP contribution is 2.40. The van der Waals surface area contributed by atoms with Crippen molar-refractivity contribution in [3.8, 4) is 17.9 Å². The molecule has 1 N–H and O–H groups in total. The Labute approximate surface area is 160 Å². The van der Waals surface area contributed by atoms with E-state index < -0.39 is 12.1 Å². The first-order valence-corrected chi connectivity index (χ1v) is 9.59. The highest BCUT2D eigenvalue weighted by atomic mass is 16.5. The van der Waals surface area contributed by atoms with Crippen molar-refractivity contribution in [2.75, 3.05) is 20.3 Å². The van der Waals surface area contributed by atoms with E-state index in [1.54, 1.807) is 0 Å². The Balaban J connectivity index is 1.67. The minimum Gasteiger partial charge on any atom is -0.394 e. The average Bonchev–Trinajstić information content (AvgIpc) is 3.16. The lowest BCUT2D eigenvalue weighted by Gasteiger charge is -2.51. The lowest BCUT2D eigenvalue weighted by atomic mass is 9.75. The maximum absolute atomic E-state index is 12.1. The van der Waals surface area contributed by atoms with Crippen molar-refractivity contribution >= 4 is 5.91 Å². The first-order valence-electron chi connectivity index (χ1n) is 9.59. The molecule has 1 aromatic carbocycles. The van der Waals surface area contributed by atoms with E-state index in [0.29, 0.717) is 0 Å². The minimum atomic E-state index is -0.580. The van der Waals surface area contributed by atoms with Gasteiger partial charge in [-0.05, 0) is 36.5 Å². The van der Waals surface area contributed by atoms with Gasteiger partial charge in [-0.1, -0.05) is 36.8 Å². The van der Waals surface area contributed by atoms with Gasteiger partial charge < -0.3 is 14.7 Å². The number of benzene rings is 1. The van der Waals surface area contributed by atoms with Crippen LogP contribution in [-0.2, 0) is 9.53 Å². The van der Waals surface area contributed by atoms with Gasteiger partial charge in [-0.15, -0.1) is 0 Å². The smallest absolute Gasteiger partial charge is 0.249 e. The molecule has 1 heterocycles. The van der Waals surface area contributed by atoms with Gasteiger partial charge in [0.2, 0.25) is 5.91 Å². The number of rotatable bonds is 5. The van der Waals surface area contributed by atoms with Crippen LogP contribution >= 0.6 is 0 Å². The largest absolute Gasteiger partial charge is 0.394 e. The summed E-state index contributed by atoms with van der Waals surface area (Å²) in [7, 11) is 1.44. The standard InChI is InChI=1S/C22H26N2O3/c1-27-15-21(26)24-19(13-23)22(20(24)14-25)18-11-9-17(10-12-18)8-4-7-16-5-2-3-6-16/h9-12,16,19-20,22,25H,2-3,5-7,14-15H2,1H3/t19-,20-,22+/m0/s1. The molecular formula is C22H26N2O3. The van der Waals surface area contributed by atoms with Gasteiger partial charge in [0.15, 0.2) is 0 Å². The van der Waals surface area contributed by atoms with Crippen LogP contribution in [0.2, 0.25) is 0 Å². The Morgan fingerprint density at radius 1 is 1.30 bits per heavy atom. The van der Waals surface area contributed by atoms with Crippen LogP contribution in [0.3, 0.4) is 0 Å². The molecule has 0 unspecified atom stereocenters. The van der Waals surface area contributed by atoms with Crippen LogP contribution in [0.15, 0.2) is 24.3 Å². The van der Waals surface area contributed by atoms with Crippen LogP contribution in [0.1, 0.15) is 49.1 Å². The van der Waals surface area contributed by atoms with Crippen LogP contribution in [0, 0.1) is 29.1 Å². The predicted octanol–water partition coefficient (Wildman–Crippen LogP) is 2.44. The summed E-state index contributed by atoms with van der Waals surface area (Å²) in [6, 6.07) is 9.05. The van der Waals surface area contributed by atoms with E-state index in [4.69, 9.17) is 4.74 Å². The third-order valence-electron chi connectivity index (χ3n) is 5.68. The fourth-order valence-electron chi connectivity index (χ4n) is 4.25. The van der Waals surface area contributed by atoms with Gasteiger partial charge in [0.25, 0.3) is 0 Å². The van der Waals surface area contributed by atoms with Crippen molar-refractivity contribution in [3.05, 3.63) is 35.4 Å². The molecule has 2 aliphatic rings. The summed E-state index contributed by atoms with van der Waals surface area (Å²) in [5.41, 5.74) is 1.90. The number of aliphatic hydroxyl groups is 1. The summed E-state index contributed by atoms with van der Waals surface area (Å²) in [6.45, 7) is -0.266. The number of aliphatic hydroxyl groups excluding tert-OH is 1. The van der Waals surface area contributed by atoms with Gasteiger partial charge >= 0.3 is 0 Å². The number of ether oxygens (including phenoxy) is 1. The Hall–Kier alpha value is -2.34. The normalized spacial score (nSPS) is 24.6. The van der Waals surface area contributed by atoms with Crippen LogP contribution < -0.4 is 0 Å². The number of hydrogen-bond acceptors (Lipinski definition) is 4. The van der Waals surface area contributed by atoms with E-state index in [2.05, 4.69) is 17.9 Å². The second-order valence-electron chi connectivity index (χ2n) is 7.36. The number of hydrogen-bond donors (Lipinski definition) is 1. The number of likely N-dealkylation sites (tertiary alicyclic amines) is 1. The zero-order valence-electron chi connectivity index (χ0n) is 15.7. The molecule has 27 heavy (non-hydrogen) atoms. The van der Waals surface area contributed by atoms with Crippen molar-refractivity contribution in [1.29, 1.82) is 5.26 Å². The van der Waals surface area contributed by atoms with Crippen LogP contribution in [-0.4, -0.2) is 48.3 Å². The molecule has 1 aliphatic carbocycles. The molecule has 0 aromatic heterocycles. The summed E-state index contributed by atoms with van der Waals surface area (Å²) < 4.78 is 4.88. The van der Waals surface area contributed by atoms with Crippen molar-refractivity contribution in [2.24, 2.45) is 5.92 Å². The molecule has 1 saturated carbocycles. The number of carbonyl (C=O) groups excluding carboxylic acids is 1. The molecular weight excluding hydrogens is 340 g/mol. The van der Waals surface area contributed by atoms with Crippen molar-refractivity contribution in [1.82, 2.24) is 4.90 Å². The molecule has 142 valence electrons. The molecule has 0 radical (unpaired) electrons. The number of carbonyl (C=O) groups is 1. The topological polar surface area (TPSA) is 73.6 Å². The van der Waals surface area contributed by atoms with E-state index in [0.717, 1.165) is 23.5 Å². The van der Waals surface area contributed by atoms with Gasteiger partial charge in [0.1, 0.15) is 12.6 Å². The maximum atomic E-state index is 12.1. The summed E-state index contributed by atoms with van der Waals surface area (Å²) in [4.78, 5) is 13.6. The molecule has 1 saturated heterocycles. The van der Waals surface area contributed by atoms with Crippen molar-refractivity contribution < 1.29 is 14.6 Å². The van der Waals surface area contributed by atoms with Crippen LogP contribution in [0.25, 0.3) is 0 Å². The minimum absolute atomic E-state index is 0.0864. The van der Waals surface area contributed by atoms with Gasteiger partial charge in [-0.25, -0.2) is 0 Å². The number of amides is 1. The molecule has 2 fully saturated rings. The highest BCUT2D eigenvalue weighted by molar-refractivity contribution is 5.80. The average molecular weight is 366 g/mol. The van der Waals surface area contributed by atoms with E-state index in [1.807, 2.05) is 24.3 Å². The molecule has 1 aromatic rings. The van der Waals surface area contributed by atoms with Crippen LogP contribution in [0.4, 0.5) is 0 Å². The molecule has 1 aliphatic heterocycles. The van der Waals surface area contributed by atoms with E-state index in [9.17, 15) is 15.2 Å². The van der Waals surface area contributed by atoms with E-state index >= 15 is 0 Å². The first kappa shape index (κ1) is 19.4. The zero-order chi connectivity index (χ0) is 19.2. The summed E-state index contributed by atoms with van der Waals surface area (Å²) in [5.74, 6) is 6.80. The lowest BCUT2D eigenvalue weighted by Crippen LogP contribution is -2.65. The van der Waals surface area contributed by atoms with E-state index in [1.165, 1.54) is 37.7 Å². The Bertz CT molecular complexity index is 750. The summed E-state index contributed by atoms with van der Waals surface area (Å²) >= 11 is 0. The SMILES string of the molecule is COCC(=O)N1[C@@H](C#N)[C@@H](c2ccc(C#CCC3CCCC3)cc2)[C@@H]1CO. The fraction of sp³-hybridized carbons (Fsp3) is 0.545. The van der Waals surface area contributed by atoms with Gasteiger partial charge in [0.05, 0.1) is 18.7 Å². The molecule has 0 spiro atoms. The van der Waals surface area contributed by atoms with Gasteiger partial charge in [-0.2, -0.15) is 5.26 Å². The van der Waals surface area contributed by atoms with Gasteiger partial charge in [0, 0.05) is 25.0 Å². The zero-order valence-corrected chi connectivity index (χ0v) is 15.7. The van der Waals surface area contributed by atoms with Crippen molar-refractivity contribution in [3.63, 3.8) is 0 Å². The third-order valence-corrected chi connectivity index (χ3v) is 5.68. The highest BCUT2D eigenvalue weighted by Gasteiger charge is 2.51. The van der Waals surface area contributed by atoms with E-state index in [-0.39, 0.29) is 25.0 Å². The number of methoxy groups -OCH3 is 1. The molecule has 3 atom stereocenters. The third kappa shape index (κ3) is 4.16. The predicted molar refractivity (Wildman–Crippen MR) is 102 cm³/mol. The monoisotopic (exact) mass is 366 g/mol.